The van der Waals surface area contributed by atoms with E-state index >= 15 is 0 Å². The molecule has 3 rings (SSSR count). The first-order chi connectivity index (χ1) is 9.70. The third-order valence-corrected chi connectivity index (χ3v) is 2.84. The van der Waals surface area contributed by atoms with Gasteiger partial charge in [-0.15, -0.1) is 5.10 Å². The fraction of sp³-hybridized carbons (Fsp3) is 0.0833. The molecule has 0 atom stereocenters. The summed E-state index contributed by atoms with van der Waals surface area (Å²) in [6.45, 7) is 0. The van der Waals surface area contributed by atoms with Gasteiger partial charge < -0.3 is 5.32 Å². The Labute approximate surface area is 113 Å². The van der Waals surface area contributed by atoms with E-state index in [2.05, 4.69) is 20.4 Å². The van der Waals surface area contributed by atoms with E-state index in [0.29, 0.717) is 23.0 Å². The van der Waals surface area contributed by atoms with Crippen LogP contribution in [0.1, 0.15) is 0 Å². The minimum atomic E-state index is -0.419. The number of fused-ring (bicyclic) bond motifs is 1. The zero-order valence-electron chi connectivity index (χ0n) is 10.5. The third-order valence-electron chi connectivity index (χ3n) is 2.84. The number of aromatic nitrogens is 4. The summed E-state index contributed by atoms with van der Waals surface area (Å²) < 4.78 is 1.48. The Morgan fingerprint density at radius 3 is 2.85 bits per heavy atom. The van der Waals surface area contributed by atoms with Crippen molar-refractivity contribution in [3.63, 3.8) is 0 Å². The monoisotopic (exact) mass is 270 g/mol. The molecule has 0 unspecified atom stereocenters. The lowest BCUT2D eigenvalue weighted by atomic mass is 10.1. The first kappa shape index (κ1) is 12.0. The number of nitro benzene ring substituents is 1. The Morgan fingerprint density at radius 2 is 2.10 bits per heavy atom. The Morgan fingerprint density at radius 1 is 1.30 bits per heavy atom. The highest BCUT2D eigenvalue weighted by Crippen LogP contribution is 2.29. The van der Waals surface area contributed by atoms with E-state index in [4.69, 9.17) is 0 Å². The lowest BCUT2D eigenvalue weighted by molar-refractivity contribution is -0.384. The fourth-order valence-corrected chi connectivity index (χ4v) is 1.95. The van der Waals surface area contributed by atoms with E-state index in [1.54, 1.807) is 37.5 Å². The van der Waals surface area contributed by atoms with Gasteiger partial charge in [-0.2, -0.15) is 9.50 Å². The minimum Gasteiger partial charge on any atom is -0.356 e. The number of nitro groups is 1. The number of nitrogens with zero attached hydrogens (tertiary/aromatic N) is 5. The zero-order chi connectivity index (χ0) is 14.1. The van der Waals surface area contributed by atoms with Gasteiger partial charge in [-0.1, -0.05) is 12.1 Å². The van der Waals surface area contributed by atoms with E-state index in [1.807, 2.05) is 0 Å². The second-order valence-corrected chi connectivity index (χ2v) is 4.00. The van der Waals surface area contributed by atoms with Gasteiger partial charge in [-0.3, -0.25) is 10.1 Å². The van der Waals surface area contributed by atoms with Crippen molar-refractivity contribution in [3.05, 3.63) is 46.6 Å². The van der Waals surface area contributed by atoms with Gasteiger partial charge >= 0.3 is 0 Å². The van der Waals surface area contributed by atoms with Crippen LogP contribution in [-0.4, -0.2) is 31.6 Å². The van der Waals surface area contributed by atoms with Gasteiger partial charge in [-0.25, -0.2) is 4.98 Å². The zero-order valence-corrected chi connectivity index (χ0v) is 10.5. The number of benzene rings is 1. The number of para-hydroxylation sites is 1. The number of nitrogens with one attached hydrogen (secondary N) is 1. The van der Waals surface area contributed by atoms with Crippen molar-refractivity contribution in [2.75, 3.05) is 12.4 Å². The van der Waals surface area contributed by atoms with Gasteiger partial charge in [0.05, 0.1) is 16.2 Å². The van der Waals surface area contributed by atoms with Crippen LogP contribution in [0.15, 0.2) is 36.5 Å². The van der Waals surface area contributed by atoms with Crippen molar-refractivity contribution in [2.24, 2.45) is 0 Å². The van der Waals surface area contributed by atoms with Crippen molar-refractivity contribution in [1.29, 1.82) is 0 Å². The molecule has 0 saturated heterocycles. The van der Waals surface area contributed by atoms with Crippen LogP contribution in [-0.2, 0) is 0 Å². The fourth-order valence-electron chi connectivity index (χ4n) is 1.95. The van der Waals surface area contributed by atoms with Crippen LogP contribution in [0.2, 0.25) is 0 Å². The maximum absolute atomic E-state index is 11.1. The number of hydrogen-bond donors (Lipinski definition) is 1. The Kier molecular flexibility index (Phi) is 2.75. The molecule has 100 valence electrons. The van der Waals surface area contributed by atoms with Gasteiger partial charge in [0, 0.05) is 19.3 Å². The van der Waals surface area contributed by atoms with Crippen molar-refractivity contribution >= 4 is 17.4 Å². The summed E-state index contributed by atoms with van der Waals surface area (Å²) in [7, 11) is 1.69. The molecule has 0 aliphatic heterocycles. The van der Waals surface area contributed by atoms with Crippen molar-refractivity contribution in [3.8, 4) is 11.3 Å². The predicted octanol–water partition coefficient (Wildman–Crippen LogP) is 1.74. The summed E-state index contributed by atoms with van der Waals surface area (Å²) in [6, 6.07) is 8.17. The predicted molar refractivity (Wildman–Crippen MR) is 72.4 cm³/mol. The van der Waals surface area contributed by atoms with Crippen molar-refractivity contribution in [2.45, 2.75) is 0 Å². The third kappa shape index (κ3) is 1.83. The van der Waals surface area contributed by atoms with Crippen LogP contribution in [0.4, 0.5) is 11.6 Å². The molecule has 0 aliphatic rings. The summed E-state index contributed by atoms with van der Waals surface area (Å²) in [4.78, 5) is 18.9. The highest BCUT2D eigenvalue weighted by molar-refractivity contribution is 5.71. The molecular formula is C12H10N6O2. The number of anilines is 1. The van der Waals surface area contributed by atoms with Crippen molar-refractivity contribution < 1.29 is 4.92 Å². The van der Waals surface area contributed by atoms with Crippen LogP contribution < -0.4 is 5.32 Å². The topological polar surface area (TPSA) is 98.2 Å². The normalized spacial score (nSPS) is 10.7. The lowest BCUT2D eigenvalue weighted by Crippen LogP contribution is -1.99. The Balaban J connectivity index is 2.29. The SMILES string of the molecule is CNc1nc2nccc(-c3ccccc3[N+](=O)[O-])n2n1. The molecule has 0 saturated carbocycles. The molecule has 0 bridgehead atoms. The van der Waals surface area contributed by atoms with Gasteiger partial charge in [-0.05, 0) is 12.1 Å². The smallest absolute Gasteiger partial charge is 0.278 e. The number of rotatable bonds is 3. The largest absolute Gasteiger partial charge is 0.356 e. The molecule has 0 aliphatic carbocycles. The molecule has 0 fully saturated rings. The molecule has 3 aromatic rings. The van der Waals surface area contributed by atoms with Gasteiger partial charge in [0.1, 0.15) is 0 Å². The summed E-state index contributed by atoms with van der Waals surface area (Å²) in [5.74, 6) is 0.786. The molecular weight excluding hydrogens is 260 g/mol. The number of hydrogen-bond acceptors (Lipinski definition) is 6. The summed E-state index contributed by atoms with van der Waals surface area (Å²) in [5, 5.41) is 18.2. The molecule has 0 spiro atoms. The second-order valence-electron chi connectivity index (χ2n) is 4.00. The summed E-state index contributed by atoms with van der Waals surface area (Å²) in [5.41, 5.74) is 1.05. The lowest BCUT2D eigenvalue weighted by Gasteiger charge is -2.04. The molecule has 1 N–H and O–H groups in total. The quantitative estimate of drug-likeness (QED) is 0.575. The van der Waals surface area contributed by atoms with E-state index < -0.39 is 4.92 Å². The standard InChI is InChI=1S/C12H10N6O2/c1-13-11-15-12-14-7-6-9(17(12)16-11)8-4-2-3-5-10(8)18(19)20/h2-7H,1H3,(H,13,16). The Bertz CT molecular complexity index is 797. The van der Waals surface area contributed by atoms with Crippen LogP contribution in [0.5, 0.6) is 0 Å². The average Bonchev–Trinajstić information content (AvgIpc) is 2.90. The molecule has 1 aromatic carbocycles. The van der Waals surface area contributed by atoms with Crippen LogP contribution in [0, 0.1) is 10.1 Å². The summed E-state index contributed by atoms with van der Waals surface area (Å²) in [6.07, 6.45) is 1.55. The second kappa shape index (κ2) is 4.57. The van der Waals surface area contributed by atoms with E-state index in [0.717, 1.165) is 0 Å². The van der Waals surface area contributed by atoms with Gasteiger partial charge in [0.2, 0.25) is 5.95 Å². The molecule has 0 radical (unpaired) electrons. The van der Waals surface area contributed by atoms with E-state index in [-0.39, 0.29) is 5.69 Å². The van der Waals surface area contributed by atoms with Crippen LogP contribution in [0.25, 0.3) is 17.0 Å². The molecule has 2 heterocycles. The molecule has 8 heteroatoms. The average molecular weight is 270 g/mol. The van der Waals surface area contributed by atoms with Gasteiger partial charge in [0.25, 0.3) is 11.5 Å². The van der Waals surface area contributed by atoms with E-state index in [9.17, 15) is 10.1 Å². The van der Waals surface area contributed by atoms with Crippen molar-refractivity contribution in [1.82, 2.24) is 19.6 Å². The maximum atomic E-state index is 11.1. The van der Waals surface area contributed by atoms with Crippen LogP contribution in [0.3, 0.4) is 0 Å². The first-order valence-corrected chi connectivity index (χ1v) is 5.84. The molecule has 20 heavy (non-hydrogen) atoms. The first-order valence-electron chi connectivity index (χ1n) is 5.84. The summed E-state index contributed by atoms with van der Waals surface area (Å²) >= 11 is 0. The highest BCUT2D eigenvalue weighted by Gasteiger charge is 2.18. The minimum absolute atomic E-state index is 0.0153. The van der Waals surface area contributed by atoms with E-state index in [1.165, 1.54) is 10.6 Å². The Hall–Kier alpha value is -3.03. The molecule has 0 amide bonds. The molecule has 2 aromatic heterocycles. The highest BCUT2D eigenvalue weighted by atomic mass is 16.6. The molecule has 8 nitrogen and oxygen atoms in total. The van der Waals surface area contributed by atoms with Gasteiger partial charge in [0.15, 0.2) is 0 Å². The van der Waals surface area contributed by atoms with Crippen LogP contribution >= 0.6 is 0 Å². The maximum Gasteiger partial charge on any atom is 0.278 e.